The van der Waals surface area contributed by atoms with Crippen molar-refractivity contribution in [3.63, 3.8) is 0 Å². The van der Waals surface area contributed by atoms with Gasteiger partial charge in [0.15, 0.2) is 15.7 Å². The molecule has 13 heteroatoms. The van der Waals surface area contributed by atoms with Crippen molar-refractivity contribution in [2.24, 2.45) is 0 Å². The summed E-state index contributed by atoms with van der Waals surface area (Å²) < 4.78 is 57.4. The average Bonchev–Trinajstić information content (AvgIpc) is 3.17. The summed E-state index contributed by atoms with van der Waals surface area (Å²) >= 11 is 0.768. The first-order valence-corrected chi connectivity index (χ1v) is 13.5. The monoisotopic (exact) mass is 511 g/mol. The summed E-state index contributed by atoms with van der Waals surface area (Å²) in [4.78, 5) is 6.80. The van der Waals surface area contributed by atoms with E-state index in [1.165, 1.54) is 12.4 Å². The second-order valence-electron chi connectivity index (χ2n) is 9.56. The largest absolute Gasteiger partial charge is 0.363 e. The van der Waals surface area contributed by atoms with E-state index in [9.17, 15) is 17.2 Å². The highest BCUT2D eigenvalue weighted by Crippen LogP contribution is 2.38. The van der Waals surface area contributed by atoms with Crippen LogP contribution in [-0.4, -0.2) is 58.2 Å². The number of hydrogen-bond acceptors (Lipinski definition) is 8. The molecule has 1 saturated carbocycles. The van der Waals surface area contributed by atoms with Crippen LogP contribution in [0.2, 0.25) is 0 Å². The minimum Gasteiger partial charge on any atom is -0.363 e. The van der Waals surface area contributed by atoms with Crippen molar-refractivity contribution in [2.45, 2.75) is 75.5 Å². The highest BCUT2D eigenvalue weighted by molar-refractivity contribution is 7.89. The number of imidazole rings is 1. The van der Waals surface area contributed by atoms with Crippen LogP contribution in [0.15, 0.2) is 23.4 Å². The van der Waals surface area contributed by atoms with Gasteiger partial charge in [0.05, 0.1) is 11.9 Å². The number of halogens is 2. The van der Waals surface area contributed by atoms with E-state index in [1.54, 1.807) is 10.5 Å². The molecule has 0 aromatic carbocycles. The Morgan fingerprint density at radius 1 is 1.26 bits per heavy atom. The molecule has 0 radical (unpaired) electrons. The number of nitrogens with one attached hydrogen (secondary N) is 2. The van der Waals surface area contributed by atoms with E-state index in [2.05, 4.69) is 50.9 Å². The Morgan fingerprint density at radius 2 is 2.00 bits per heavy atom. The average molecular weight is 512 g/mol. The summed E-state index contributed by atoms with van der Waals surface area (Å²) in [6, 6.07) is 2.07. The fourth-order valence-electron chi connectivity index (χ4n) is 4.35. The molecular formula is C21H27F2N7O2S2. The second kappa shape index (κ2) is 8.18. The molecule has 3 atom stereocenters. The summed E-state index contributed by atoms with van der Waals surface area (Å²) in [5.74, 6) is 0. The Kier molecular flexibility index (Phi) is 5.66. The van der Waals surface area contributed by atoms with Crippen LogP contribution in [0.1, 0.15) is 52.0 Å². The van der Waals surface area contributed by atoms with Crippen LogP contribution in [0.25, 0.3) is 16.3 Å². The number of anilines is 1. The van der Waals surface area contributed by atoms with Gasteiger partial charge >= 0.3 is 0 Å². The lowest BCUT2D eigenvalue weighted by atomic mass is 10.0. The van der Waals surface area contributed by atoms with E-state index in [1.807, 2.05) is 6.92 Å². The first-order chi connectivity index (χ1) is 16.0. The lowest BCUT2D eigenvalue weighted by molar-refractivity contribution is 0.150. The highest BCUT2D eigenvalue weighted by Gasteiger charge is 2.42. The lowest BCUT2D eigenvalue weighted by Crippen LogP contribution is -2.59. The van der Waals surface area contributed by atoms with Crippen LogP contribution < -0.4 is 14.9 Å². The van der Waals surface area contributed by atoms with Crippen molar-refractivity contribution in [1.29, 1.82) is 0 Å². The van der Waals surface area contributed by atoms with Gasteiger partial charge in [-0.25, -0.2) is 26.9 Å². The molecule has 184 valence electrons. The van der Waals surface area contributed by atoms with E-state index in [0.717, 1.165) is 24.2 Å². The molecule has 34 heavy (non-hydrogen) atoms. The minimum absolute atomic E-state index is 0.0685. The molecule has 1 aliphatic carbocycles. The van der Waals surface area contributed by atoms with E-state index in [4.69, 9.17) is 0 Å². The number of piperazine rings is 1. The van der Waals surface area contributed by atoms with Crippen LogP contribution in [-0.2, 0) is 10.0 Å². The lowest BCUT2D eigenvalue weighted by Gasteiger charge is -2.43. The van der Waals surface area contributed by atoms with Gasteiger partial charge in [-0.2, -0.15) is 0 Å². The van der Waals surface area contributed by atoms with Crippen LogP contribution >= 0.6 is 11.3 Å². The molecule has 0 spiro atoms. The summed E-state index contributed by atoms with van der Waals surface area (Å²) in [7, 11) is -3.83. The van der Waals surface area contributed by atoms with E-state index < -0.39 is 27.0 Å². The molecule has 0 bridgehead atoms. The zero-order chi connectivity index (χ0) is 24.4. The molecule has 3 aromatic rings. The zero-order valence-corrected chi connectivity index (χ0v) is 20.9. The first-order valence-electron chi connectivity index (χ1n) is 11.2. The predicted octanol–water partition coefficient (Wildman–Crippen LogP) is 3.20. The van der Waals surface area contributed by atoms with E-state index >= 15 is 0 Å². The van der Waals surface area contributed by atoms with Gasteiger partial charge in [-0.3, -0.25) is 4.40 Å². The Hall–Kier alpha value is -2.22. The van der Waals surface area contributed by atoms with E-state index in [-0.39, 0.29) is 28.0 Å². The third-order valence-electron chi connectivity index (χ3n) is 6.64. The normalized spacial score (nSPS) is 24.8. The molecule has 1 aliphatic heterocycles. The summed E-state index contributed by atoms with van der Waals surface area (Å²) in [5.41, 5.74) is 1.18. The zero-order valence-electron chi connectivity index (χ0n) is 19.3. The number of nitrogens with zero attached hydrogens (tertiary/aromatic N) is 5. The molecule has 0 amide bonds. The Balaban J connectivity index is 1.69. The van der Waals surface area contributed by atoms with Crippen molar-refractivity contribution in [3.8, 4) is 10.7 Å². The van der Waals surface area contributed by atoms with Gasteiger partial charge in [0, 0.05) is 36.4 Å². The molecule has 1 saturated heterocycles. The molecule has 9 nitrogen and oxygen atoms in total. The van der Waals surface area contributed by atoms with Gasteiger partial charge in [0.1, 0.15) is 10.6 Å². The second-order valence-corrected chi connectivity index (χ2v) is 12.3. The molecule has 2 aliphatic rings. The molecule has 3 aromatic heterocycles. The number of aromatic nitrogens is 4. The number of alkyl halides is 2. The number of hydrogen-bond donors (Lipinski definition) is 2. The SMILES string of the molecule is C[C@@H]1[C@@H](C)N[C@@H](C)CN1c1cc(S(=O)(=O)NC2(C)CC2)cn2c(-c3nnc(C(F)F)s3)cnc12. The molecular weight excluding hydrogens is 484 g/mol. The molecule has 2 N–H and O–H groups in total. The van der Waals surface area contributed by atoms with Gasteiger partial charge in [-0.15, -0.1) is 10.2 Å². The minimum atomic E-state index is -3.83. The van der Waals surface area contributed by atoms with E-state index in [0.29, 0.717) is 23.6 Å². The number of rotatable bonds is 6. The maximum Gasteiger partial charge on any atom is 0.291 e. The summed E-state index contributed by atoms with van der Waals surface area (Å²) in [6.45, 7) is 8.78. The van der Waals surface area contributed by atoms with Crippen molar-refractivity contribution < 1.29 is 17.2 Å². The van der Waals surface area contributed by atoms with Crippen LogP contribution in [0.3, 0.4) is 0 Å². The van der Waals surface area contributed by atoms with Crippen LogP contribution in [0.4, 0.5) is 14.5 Å². The summed E-state index contributed by atoms with van der Waals surface area (Å²) in [6.07, 6.45) is 1.84. The van der Waals surface area contributed by atoms with Gasteiger partial charge in [-0.05, 0) is 46.6 Å². The third-order valence-corrected chi connectivity index (χ3v) is 9.20. The van der Waals surface area contributed by atoms with Gasteiger partial charge in [0.2, 0.25) is 10.0 Å². The summed E-state index contributed by atoms with van der Waals surface area (Å²) in [5, 5.41) is 10.9. The predicted molar refractivity (Wildman–Crippen MR) is 126 cm³/mol. The standard InChI is InChI=1S/C21H27F2N7O2S2/c1-11-9-29(13(3)12(2)25-11)15-7-14(34(31,32)28-21(4)5-6-21)10-30-16(8-24-18(15)30)19-26-27-20(33-19)17(22)23/h7-8,10-13,17,25,28H,5-6,9H2,1-4H3/t11-,12+,13+/m0/s1. The Labute approximate surface area is 200 Å². The highest BCUT2D eigenvalue weighted by atomic mass is 32.2. The maximum absolute atomic E-state index is 13.3. The van der Waals surface area contributed by atoms with Crippen LogP contribution in [0.5, 0.6) is 0 Å². The quantitative estimate of drug-likeness (QED) is 0.524. The van der Waals surface area contributed by atoms with Gasteiger partial charge < -0.3 is 10.2 Å². The van der Waals surface area contributed by atoms with Crippen LogP contribution in [0, 0.1) is 0 Å². The van der Waals surface area contributed by atoms with Crippen molar-refractivity contribution >= 4 is 32.7 Å². The van der Waals surface area contributed by atoms with Crippen molar-refractivity contribution in [2.75, 3.05) is 11.4 Å². The maximum atomic E-state index is 13.3. The smallest absolute Gasteiger partial charge is 0.291 e. The Bertz CT molecular complexity index is 1340. The number of pyridine rings is 1. The number of sulfonamides is 1. The molecule has 0 unspecified atom stereocenters. The van der Waals surface area contributed by atoms with Crippen molar-refractivity contribution in [3.05, 3.63) is 23.5 Å². The third kappa shape index (κ3) is 4.18. The topological polar surface area (TPSA) is 105 Å². The van der Waals surface area contributed by atoms with Gasteiger partial charge in [0.25, 0.3) is 6.43 Å². The van der Waals surface area contributed by atoms with Crippen molar-refractivity contribution in [1.82, 2.24) is 29.6 Å². The molecule has 4 heterocycles. The van der Waals surface area contributed by atoms with Gasteiger partial charge in [-0.1, -0.05) is 11.3 Å². The first kappa shape index (κ1) is 23.5. The Morgan fingerprint density at radius 3 is 2.65 bits per heavy atom. The molecule has 2 fully saturated rings. The fourth-order valence-corrected chi connectivity index (χ4v) is 6.54. The molecule has 5 rings (SSSR count). The fraction of sp³-hybridized carbons (Fsp3) is 0.571. The number of fused-ring (bicyclic) bond motifs is 1.